The summed E-state index contributed by atoms with van der Waals surface area (Å²) in [5.41, 5.74) is 6.31. The Bertz CT molecular complexity index is 1830. The van der Waals surface area contributed by atoms with Gasteiger partial charge in [-0.2, -0.15) is 0 Å². The van der Waals surface area contributed by atoms with Crippen LogP contribution in [0.15, 0.2) is 85.0 Å². The SMILES string of the molecule is CC(C)(C)c1ccc2c(c1)c1[nH]c3c4ccccc4c4ccccc4c3c1n2C1=CC=CCN1. The second kappa shape index (κ2) is 6.77. The first kappa shape index (κ1) is 19.5. The number of hydrogen-bond donors (Lipinski definition) is 2. The molecule has 0 saturated heterocycles. The zero-order valence-electron chi connectivity index (χ0n) is 19.7. The van der Waals surface area contributed by atoms with Crippen LogP contribution >= 0.6 is 0 Å². The van der Waals surface area contributed by atoms with Gasteiger partial charge in [-0.3, -0.25) is 4.57 Å². The fourth-order valence-corrected chi connectivity index (χ4v) is 5.62. The van der Waals surface area contributed by atoms with E-state index in [2.05, 4.69) is 121 Å². The lowest BCUT2D eigenvalue weighted by atomic mass is 9.86. The second-order valence-corrected chi connectivity index (χ2v) is 10.4. The van der Waals surface area contributed by atoms with Crippen molar-refractivity contribution < 1.29 is 0 Å². The van der Waals surface area contributed by atoms with Crippen LogP contribution in [0.5, 0.6) is 0 Å². The lowest BCUT2D eigenvalue weighted by molar-refractivity contribution is 0.591. The number of aromatic nitrogens is 2. The molecule has 0 radical (unpaired) electrons. The van der Waals surface area contributed by atoms with Gasteiger partial charge >= 0.3 is 0 Å². The zero-order chi connectivity index (χ0) is 23.0. The monoisotopic (exact) mass is 441 g/mol. The van der Waals surface area contributed by atoms with Crippen LogP contribution in [0.4, 0.5) is 0 Å². The van der Waals surface area contributed by atoms with Gasteiger partial charge in [0.05, 0.1) is 22.1 Å². The van der Waals surface area contributed by atoms with Gasteiger partial charge in [-0.15, -0.1) is 0 Å². The van der Waals surface area contributed by atoms with Crippen molar-refractivity contribution in [2.45, 2.75) is 26.2 Å². The summed E-state index contributed by atoms with van der Waals surface area (Å²) in [6, 6.07) is 24.5. The first-order valence-corrected chi connectivity index (χ1v) is 12.0. The first-order chi connectivity index (χ1) is 16.5. The van der Waals surface area contributed by atoms with E-state index in [1.807, 2.05) is 0 Å². The van der Waals surface area contributed by atoms with Gasteiger partial charge < -0.3 is 10.3 Å². The Morgan fingerprint density at radius 2 is 1.47 bits per heavy atom. The third-order valence-corrected chi connectivity index (χ3v) is 7.29. The highest BCUT2D eigenvalue weighted by Crippen LogP contribution is 2.43. The minimum atomic E-state index is 0.0825. The van der Waals surface area contributed by atoms with Crippen molar-refractivity contribution in [1.29, 1.82) is 0 Å². The molecule has 0 unspecified atom stereocenters. The summed E-state index contributed by atoms with van der Waals surface area (Å²) in [7, 11) is 0. The van der Waals surface area contributed by atoms with Gasteiger partial charge in [0.15, 0.2) is 0 Å². The fraction of sp³-hybridized carbons (Fsp3) is 0.161. The number of fused-ring (bicyclic) bond motifs is 10. The highest BCUT2D eigenvalue weighted by atomic mass is 15.2. The lowest BCUT2D eigenvalue weighted by Gasteiger charge is -2.20. The average Bonchev–Trinajstić information content (AvgIpc) is 3.39. The molecule has 34 heavy (non-hydrogen) atoms. The molecule has 0 fully saturated rings. The molecule has 7 rings (SSSR count). The van der Waals surface area contributed by atoms with E-state index >= 15 is 0 Å². The third-order valence-electron chi connectivity index (χ3n) is 7.29. The standard InChI is InChI=1S/C31H27N3/c1-31(2,3)19-15-16-25-24(18-19)29-30(34(25)26-14-8-9-17-32-26)27-22-12-6-4-10-20(22)21-11-5-7-13-23(21)28(27)33-29/h4-16,18,32-33H,17H2,1-3H3. The molecule has 3 heterocycles. The summed E-state index contributed by atoms with van der Waals surface area (Å²) in [5.74, 6) is 1.11. The quantitative estimate of drug-likeness (QED) is 0.250. The predicted octanol–water partition coefficient (Wildman–Crippen LogP) is 7.84. The number of allylic oxidation sites excluding steroid dienone is 2. The van der Waals surface area contributed by atoms with E-state index in [4.69, 9.17) is 0 Å². The topological polar surface area (TPSA) is 32.8 Å². The number of nitrogens with zero attached hydrogens (tertiary/aromatic N) is 1. The van der Waals surface area contributed by atoms with Crippen LogP contribution in [0, 0.1) is 0 Å². The van der Waals surface area contributed by atoms with Crippen LogP contribution in [-0.2, 0) is 5.41 Å². The molecule has 6 aromatic rings. The average molecular weight is 442 g/mol. The number of dihydropyridines is 1. The Labute approximate surface area is 198 Å². The first-order valence-electron chi connectivity index (χ1n) is 12.0. The molecule has 2 N–H and O–H groups in total. The van der Waals surface area contributed by atoms with Crippen molar-refractivity contribution >= 4 is 60.2 Å². The number of aromatic amines is 1. The Morgan fingerprint density at radius 3 is 2.18 bits per heavy atom. The number of H-pyrrole nitrogens is 1. The van der Waals surface area contributed by atoms with E-state index in [1.54, 1.807) is 0 Å². The molecule has 1 aliphatic heterocycles. The van der Waals surface area contributed by atoms with Crippen LogP contribution in [0.2, 0.25) is 0 Å². The summed E-state index contributed by atoms with van der Waals surface area (Å²) < 4.78 is 2.42. The Hall–Kier alpha value is -3.98. The van der Waals surface area contributed by atoms with Gasteiger partial charge in [0.25, 0.3) is 0 Å². The van der Waals surface area contributed by atoms with E-state index < -0.39 is 0 Å². The van der Waals surface area contributed by atoms with Crippen LogP contribution in [0.3, 0.4) is 0 Å². The lowest BCUT2D eigenvalue weighted by Crippen LogP contribution is -2.19. The van der Waals surface area contributed by atoms with Crippen LogP contribution in [0.25, 0.3) is 60.2 Å². The van der Waals surface area contributed by atoms with Gasteiger partial charge in [0.1, 0.15) is 5.82 Å². The molecule has 3 nitrogen and oxygen atoms in total. The molecule has 0 aliphatic carbocycles. The van der Waals surface area contributed by atoms with Gasteiger partial charge in [-0.05, 0) is 45.3 Å². The third kappa shape index (κ3) is 2.58. The summed E-state index contributed by atoms with van der Waals surface area (Å²) in [4.78, 5) is 3.90. The highest BCUT2D eigenvalue weighted by molar-refractivity contribution is 6.33. The smallest absolute Gasteiger partial charge is 0.111 e. The van der Waals surface area contributed by atoms with Gasteiger partial charge in [-0.25, -0.2) is 0 Å². The van der Waals surface area contributed by atoms with Crippen molar-refractivity contribution in [2.75, 3.05) is 6.54 Å². The van der Waals surface area contributed by atoms with Crippen molar-refractivity contribution in [3.05, 3.63) is 90.5 Å². The Morgan fingerprint density at radius 1 is 0.765 bits per heavy atom. The Kier molecular flexibility index (Phi) is 3.88. The van der Waals surface area contributed by atoms with E-state index in [0.29, 0.717) is 0 Å². The van der Waals surface area contributed by atoms with E-state index in [1.165, 1.54) is 59.9 Å². The molecule has 0 bridgehead atoms. The van der Waals surface area contributed by atoms with Crippen LogP contribution in [-0.4, -0.2) is 16.1 Å². The maximum atomic E-state index is 3.90. The fourth-order valence-electron chi connectivity index (χ4n) is 5.62. The van der Waals surface area contributed by atoms with Gasteiger partial charge in [-0.1, -0.05) is 87.5 Å². The number of rotatable bonds is 1. The van der Waals surface area contributed by atoms with Gasteiger partial charge in [0.2, 0.25) is 0 Å². The molecule has 0 spiro atoms. The largest absolute Gasteiger partial charge is 0.368 e. The Balaban J connectivity index is 1.77. The molecule has 4 aromatic carbocycles. The predicted molar refractivity (Wildman–Crippen MR) is 146 cm³/mol. The molecular weight excluding hydrogens is 414 g/mol. The van der Waals surface area contributed by atoms with Crippen molar-refractivity contribution in [2.24, 2.45) is 0 Å². The number of benzene rings is 4. The number of nitrogens with one attached hydrogen (secondary N) is 2. The maximum Gasteiger partial charge on any atom is 0.111 e. The van der Waals surface area contributed by atoms with Crippen LogP contribution in [0.1, 0.15) is 26.3 Å². The normalized spacial score (nSPS) is 14.5. The van der Waals surface area contributed by atoms with Crippen LogP contribution < -0.4 is 5.32 Å². The molecule has 3 heteroatoms. The maximum absolute atomic E-state index is 3.90. The van der Waals surface area contributed by atoms with E-state index in [9.17, 15) is 0 Å². The summed E-state index contributed by atoms with van der Waals surface area (Å²) >= 11 is 0. The molecule has 166 valence electrons. The molecule has 0 atom stereocenters. The molecule has 0 amide bonds. The summed E-state index contributed by atoms with van der Waals surface area (Å²) in [5, 5.41) is 11.3. The zero-order valence-corrected chi connectivity index (χ0v) is 19.7. The number of hydrogen-bond acceptors (Lipinski definition) is 1. The molecule has 0 saturated carbocycles. The van der Waals surface area contributed by atoms with Crippen molar-refractivity contribution in [3.63, 3.8) is 0 Å². The summed E-state index contributed by atoms with van der Waals surface area (Å²) in [6.07, 6.45) is 6.49. The van der Waals surface area contributed by atoms with E-state index in [0.717, 1.165) is 12.4 Å². The molecule has 1 aliphatic rings. The summed E-state index contributed by atoms with van der Waals surface area (Å²) in [6.45, 7) is 7.68. The molecule has 2 aromatic heterocycles. The second-order valence-electron chi connectivity index (χ2n) is 10.4. The van der Waals surface area contributed by atoms with Crippen molar-refractivity contribution in [1.82, 2.24) is 14.9 Å². The van der Waals surface area contributed by atoms with E-state index in [-0.39, 0.29) is 5.41 Å². The molecular formula is C31H27N3. The minimum absolute atomic E-state index is 0.0825. The van der Waals surface area contributed by atoms with Gasteiger partial charge in [0, 0.05) is 22.7 Å². The minimum Gasteiger partial charge on any atom is -0.368 e. The highest BCUT2D eigenvalue weighted by Gasteiger charge is 2.23. The van der Waals surface area contributed by atoms with Crippen molar-refractivity contribution in [3.8, 4) is 0 Å².